The molecule has 7 nitrogen and oxygen atoms in total. The molecule has 1 aromatic heterocycles. The van der Waals surface area contributed by atoms with Crippen LogP contribution >= 0.6 is 11.3 Å². The van der Waals surface area contributed by atoms with E-state index in [-0.39, 0.29) is 18.3 Å². The van der Waals surface area contributed by atoms with E-state index in [4.69, 9.17) is 15.3 Å². The first kappa shape index (κ1) is 17.2. The van der Waals surface area contributed by atoms with Crippen molar-refractivity contribution in [3.05, 3.63) is 46.7 Å². The van der Waals surface area contributed by atoms with Crippen LogP contribution in [0.15, 0.2) is 46.9 Å². The Balaban J connectivity index is 1.47. The number of rotatable bonds is 6. The second-order valence-electron chi connectivity index (χ2n) is 5.42. The molecule has 1 saturated heterocycles. The molecule has 3 N–H and O–H groups in total. The SMILES string of the molecule is N/C(=N\OCC(=O)Nc1ccc(N2CCOCC2)cc1)c1cccs1. The molecule has 1 fully saturated rings. The Morgan fingerprint density at radius 1 is 1.28 bits per heavy atom. The molecule has 25 heavy (non-hydrogen) atoms. The van der Waals surface area contributed by atoms with Crippen LogP contribution in [0, 0.1) is 0 Å². The summed E-state index contributed by atoms with van der Waals surface area (Å²) in [5, 5.41) is 8.41. The number of oxime groups is 1. The lowest BCUT2D eigenvalue weighted by molar-refractivity contribution is -0.120. The number of nitrogens with zero attached hydrogens (tertiary/aromatic N) is 2. The number of amidine groups is 1. The third-order valence-corrected chi connectivity index (χ3v) is 4.55. The number of morpholine rings is 1. The third kappa shape index (κ3) is 4.94. The molecule has 0 radical (unpaired) electrons. The van der Waals surface area contributed by atoms with Crippen LogP contribution in [0.1, 0.15) is 4.88 Å². The van der Waals surface area contributed by atoms with Crippen LogP contribution in [-0.4, -0.2) is 44.7 Å². The number of nitrogens with two attached hydrogens (primary N) is 1. The minimum absolute atomic E-state index is 0.197. The van der Waals surface area contributed by atoms with Crippen molar-refractivity contribution in [3.8, 4) is 0 Å². The number of ether oxygens (including phenoxy) is 1. The van der Waals surface area contributed by atoms with E-state index in [1.54, 1.807) is 0 Å². The van der Waals surface area contributed by atoms with Crippen molar-refractivity contribution in [2.24, 2.45) is 10.9 Å². The minimum Gasteiger partial charge on any atom is -0.384 e. The predicted octanol–water partition coefficient (Wildman–Crippen LogP) is 1.86. The summed E-state index contributed by atoms with van der Waals surface area (Å²) in [6, 6.07) is 11.4. The van der Waals surface area contributed by atoms with Gasteiger partial charge in [-0.1, -0.05) is 11.2 Å². The first-order chi connectivity index (χ1) is 12.2. The highest BCUT2D eigenvalue weighted by Crippen LogP contribution is 2.19. The van der Waals surface area contributed by atoms with Crippen molar-refractivity contribution in [1.29, 1.82) is 0 Å². The van der Waals surface area contributed by atoms with Crippen molar-refractivity contribution >= 4 is 34.5 Å². The van der Waals surface area contributed by atoms with Crippen LogP contribution < -0.4 is 16.0 Å². The molecular formula is C17H20N4O3S. The summed E-state index contributed by atoms with van der Waals surface area (Å²) in [7, 11) is 0. The van der Waals surface area contributed by atoms with Gasteiger partial charge in [-0.2, -0.15) is 0 Å². The smallest absolute Gasteiger partial charge is 0.265 e. The summed E-state index contributed by atoms with van der Waals surface area (Å²) in [5.41, 5.74) is 7.58. The second kappa shape index (κ2) is 8.50. The van der Waals surface area contributed by atoms with Crippen LogP contribution in [0.4, 0.5) is 11.4 Å². The quantitative estimate of drug-likeness (QED) is 0.466. The molecule has 1 aliphatic heterocycles. The zero-order valence-electron chi connectivity index (χ0n) is 13.7. The maximum absolute atomic E-state index is 11.9. The van der Waals surface area contributed by atoms with E-state index in [1.807, 2.05) is 41.8 Å². The molecule has 0 atom stereocenters. The maximum Gasteiger partial charge on any atom is 0.265 e. The van der Waals surface area contributed by atoms with E-state index in [0.717, 1.165) is 36.9 Å². The number of hydrogen-bond acceptors (Lipinski definition) is 6. The van der Waals surface area contributed by atoms with Crippen LogP contribution in [0.2, 0.25) is 0 Å². The Bertz CT molecular complexity index is 710. The number of nitrogens with one attached hydrogen (secondary N) is 1. The van der Waals surface area contributed by atoms with Gasteiger partial charge in [-0.3, -0.25) is 4.79 Å². The average Bonchev–Trinajstić information content (AvgIpc) is 3.18. The summed E-state index contributed by atoms with van der Waals surface area (Å²) in [4.78, 5) is 20.0. The first-order valence-corrected chi connectivity index (χ1v) is 8.82. The summed E-state index contributed by atoms with van der Waals surface area (Å²) in [5.74, 6) is -0.0282. The topological polar surface area (TPSA) is 89.2 Å². The molecule has 2 aromatic rings. The zero-order chi connectivity index (χ0) is 17.5. The molecule has 8 heteroatoms. The van der Waals surface area contributed by atoms with E-state index in [9.17, 15) is 4.79 Å². The van der Waals surface area contributed by atoms with Gasteiger partial charge in [0.25, 0.3) is 5.91 Å². The maximum atomic E-state index is 11.9. The van der Waals surface area contributed by atoms with E-state index in [0.29, 0.717) is 5.69 Å². The fourth-order valence-corrected chi connectivity index (χ4v) is 3.02. The highest BCUT2D eigenvalue weighted by Gasteiger charge is 2.11. The lowest BCUT2D eigenvalue weighted by Gasteiger charge is -2.28. The van der Waals surface area contributed by atoms with Gasteiger partial charge in [0.1, 0.15) is 0 Å². The minimum atomic E-state index is -0.290. The monoisotopic (exact) mass is 360 g/mol. The Morgan fingerprint density at radius 2 is 2.04 bits per heavy atom. The van der Waals surface area contributed by atoms with Crippen LogP contribution in [0.3, 0.4) is 0 Å². The molecule has 0 spiro atoms. The molecule has 2 heterocycles. The Labute approximate surface area is 150 Å². The number of hydrogen-bond donors (Lipinski definition) is 2. The Morgan fingerprint density at radius 3 is 2.72 bits per heavy atom. The van der Waals surface area contributed by atoms with Crippen molar-refractivity contribution in [1.82, 2.24) is 0 Å². The molecule has 1 aliphatic rings. The number of carbonyl (C=O) groups excluding carboxylic acids is 1. The third-order valence-electron chi connectivity index (χ3n) is 3.66. The van der Waals surface area contributed by atoms with E-state index < -0.39 is 0 Å². The predicted molar refractivity (Wildman–Crippen MR) is 99.1 cm³/mol. The number of thiophene rings is 1. The summed E-state index contributed by atoms with van der Waals surface area (Å²) < 4.78 is 5.34. The van der Waals surface area contributed by atoms with Gasteiger partial charge < -0.3 is 25.5 Å². The van der Waals surface area contributed by atoms with Crippen molar-refractivity contribution < 1.29 is 14.4 Å². The van der Waals surface area contributed by atoms with Gasteiger partial charge in [0.2, 0.25) is 0 Å². The summed E-state index contributed by atoms with van der Waals surface area (Å²) in [6.45, 7) is 3.04. The van der Waals surface area contributed by atoms with Crippen molar-refractivity contribution in [3.63, 3.8) is 0 Å². The molecule has 0 aliphatic carbocycles. The van der Waals surface area contributed by atoms with Gasteiger partial charge in [-0.25, -0.2) is 0 Å². The average molecular weight is 360 g/mol. The normalized spacial score (nSPS) is 15.0. The molecular weight excluding hydrogens is 340 g/mol. The van der Waals surface area contributed by atoms with E-state index >= 15 is 0 Å². The second-order valence-corrected chi connectivity index (χ2v) is 6.37. The standard InChI is InChI=1S/C17H20N4O3S/c18-17(15-2-1-11-25-15)20-24-12-16(22)19-13-3-5-14(6-4-13)21-7-9-23-10-8-21/h1-6,11H,7-10,12H2,(H2,18,20)(H,19,22). The van der Waals surface area contributed by atoms with E-state index in [1.165, 1.54) is 11.3 Å². The van der Waals surface area contributed by atoms with Crippen LogP contribution in [0.25, 0.3) is 0 Å². The largest absolute Gasteiger partial charge is 0.384 e. The lowest BCUT2D eigenvalue weighted by Crippen LogP contribution is -2.36. The van der Waals surface area contributed by atoms with Crippen molar-refractivity contribution in [2.75, 3.05) is 43.1 Å². The number of anilines is 2. The zero-order valence-corrected chi connectivity index (χ0v) is 14.5. The molecule has 0 unspecified atom stereocenters. The van der Waals surface area contributed by atoms with Crippen LogP contribution in [0.5, 0.6) is 0 Å². The van der Waals surface area contributed by atoms with E-state index in [2.05, 4.69) is 15.4 Å². The summed E-state index contributed by atoms with van der Waals surface area (Å²) in [6.07, 6.45) is 0. The Kier molecular flexibility index (Phi) is 5.86. The molecule has 0 saturated carbocycles. The van der Waals surface area contributed by atoms with Crippen LogP contribution in [-0.2, 0) is 14.4 Å². The van der Waals surface area contributed by atoms with Gasteiger partial charge in [0.05, 0.1) is 18.1 Å². The highest BCUT2D eigenvalue weighted by molar-refractivity contribution is 7.12. The van der Waals surface area contributed by atoms with Gasteiger partial charge in [-0.15, -0.1) is 11.3 Å². The van der Waals surface area contributed by atoms with Gasteiger partial charge >= 0.3 is 0 Å². The molecule has 132 valence electrons. The first-order valence-electron chi connectivity index (χ1n) is 7.94. The molecule has 1 amide bonds. The van der Waals surface area contributed by atoms with Gasteiger partial charge in [-0.05, 0) is 35.7 Å². The van der Waals surface area contributed by atoms with Gasteiger partial charge in [0, 0.05) is 24.5 Å². The number of carbonyl (C=O) groups is 1. The number of benzene rings is 1. The fourth-order valence-electron chi connectivity index (χ4n) is 2.40. The van der Waals surface area contributed by atoms with Crippen molar-refractivity contribution in [2.45, 2.75) is 0 Å². The lowest BCUT2D eigenvalue weighted by atomic mass is 10.2. The summed E-state index contributed by atoms with van der Waals surface area (Å²) >= 11 is 1.46. The highest BCUT2D eigenvalue weighted by atomic mass is 32.1. The molecule has 0 bridgehead atoms. The fraction of sp³-hybridized carbons (Fsp3) is 0.294. The Hall–Kier alpha value is -2.58. The molecule has 1 aromatic carbocycles. The molecule has 3 rings (SSSR count). The van der Waals surface area contributed by atoms with Gasteiger partial charge in [0.15, 0.2) is 12.4 Å². The number of amides is 1.